The van der Waals surface area contributed by atoms with Crippen molar-refractivity contribution in [3.05, 3.63) is 18.0 Å². The number of carbonyl (C=O) groups is 1. The van der Waals surface area contributed by atoms with Crippen molar-refractivity contribution in [1.29, 1.82) is 0 Å². The molecule has 1 saturated heterocycles. The smallest absolute Gasteiger partial charge is 0.190 e. The molecule has 0 saturated carbocycles. The second-order valence-electron chi connectivity index (χ2n) is 4.81. The maximum atomic E-state index is 12.5. The minimum Gasteiger partial charge on any atom is -0.379 e. The number of aryl methyl sites for hydroxylation is 1. The Labute approximate surface area is 101 Å². The lowest BCUT2D eigenvalue weighted by molar-refractivity contribution is 0.0755. The molecule has 1 aromatic rings. The Morgan fingerprint density at radius 1 is 1.76 bits per heavy atom. The van der Waals surface area contributed by atoms with Crippen LogP contribution in [0.2, 0.25) is 0 Å². The third-order valence-corrected chi connectivity index (χ3v) is 3.42. The normalized spacial score (nSPS) is 28.5. The number of hydrogen-bond donors (Lipinski definition) is 1. The van der Waals surface area contributed by atoms with E-state index in [-0.39, 0.29) is 11.8 Å². The molecule has 0 bridgehead atoms. The fourth-order valence-electron chi connectivity index (χ4n) is 2.13. The van der Waals surface area contributed by atoms with Gasteiger partial charge < -0.3 is 10.5 Å². The lowest BCUT2D eigenvalue weighted by Crippen LogP contribution is -2.45. The van der Waals surface area contributed by atoms with E-state index >= 15 is 0 Å². The monoisotopic (exact) mass is 237 g/mol. The molecule has 2 N–H and O–H groups in total. The fraction of sp³-hybridized carbons (Fsp3) is 0.667. The Kier molecular flexibility index (Phi) is 3.31. The first-order valence-electron chi connectivity index (χ1n) is 5.99. The summed E-state index contributed by atoms with van der Waals surface area (Å²) in [6, 6.07) is 1.52. The van der Waals surface area contributed by atoms with Gasteiger partial charge in [0.25, 0.3) is 0 Å². The molecule has 17 heavy (non-hydrogen) atoms. The molecule has 0 amide bonds. The van der Waals surface area contributed by atoms with Gasteiger partial charge in [-0.25, -0.2) is 0 Å². The minimum absolute atomic E-state index is 0.0356. The average molecular weight is 237 g/mol. The summed E-state index contributed by atoms with van der Waals surface area (Å²) in [5.41, 5.74) is 5.98. The molecule has 0 spiro atoms. The quantitative estimate of drug-likeness (QED) is 0.788. The van der Waals surface area contributed by atoms with Crippen LogP contribution in [0.4, 0.5) is 0 Å². The topological polar surface area (TPSA) is 70.1 Å². The highest BCUT2D eigenvalue weighted by Gasteiger charge is 2.45. The largest absolute Gasteiger partial charge is 0.379 e. The zero-order valence-corrected chi connectivity index (χ0v) is 10.3. The summed E-state index contributed by atoms with van der Waals surface area (Å²) >= 11 is 0. The Hall–Kier alpha value is -1.20. The average Bonchev–Trinajstić information content (AvgIpc) is 2.88. The van der Waals surface area contributed by atoms with Crippen molar-refractivity contribution >= 4 is 5.78 Å². The summed E-state index contributed by atoms with van der Waals surface area (Å²) in [5.74, 6) is 0.0356. The molecule has 0 aliphatic carbocycles. The zero-order chi connectivity index (χ0) is 12.5. The Bertz CT molecular complexity index is 416. The van der Waals surface area contributed by atoms with E-state index in [0.717, 1.165) is 13.0 Å². The highest BCUT2D eigenvalue weighted by molar-refractivity contribution is 5.99. The molecule has 94 valence electrons. The van der Waals surface area contributed by atoms with Gasteiger partial charge in [0, 0.05) is 18.8 Å². The molecule has 2 atom stereocenters. The number of Topliss-reactive ketones (excluding diaryl/α,β-unsaturated/α-hetero) is 1. The van der Waals surface area contributed by atoms with E-state index in [1.54, 1.807) is 16.9 Å². The summed E-state index contributed by atoms with van der Waals surface area (Å²) < 4.78 is 7.06. The highest BCUT2D eigenvalue weighted by atomic mass is 16.5. The first kappa shape index (κ1) is 12.3. The summed E-state index contributed by atoms with van der Waals surface area (Å²) in [6.07, 6.45) is 2.61. The molecule has 1 fully saturated rings. The van der Waals surface area contributed by atoms with Crippen molar-refractivity contribution in [2.75, 3.05) is 13.2 Å². The van der Waals surface area contributed by atoms with Gasteiger partial charge in [0.2, 0.25) is 0 Å². The molecule has 1 aromatic heterocycles. The van der Waals surface area contributed by atoms with E-state index in [4.69, 9.17) is 10.5 Å². The number of rotatable bonds is 4. The standard InChI is InChI=1S/C12H19N3O2/c1-3-6-15-9(4-5-14-15)11(16)12(2)8-17-7-10(12)13/h4-5,10H,3,6-8,13H2,1-2H3. The molecule has 0 aromatic carbocycles. The fourth-order valence-corrected chi connectivity index (χ4v) is 2.13. The van der Waals surface area contributed by atoms with E-state index in [9.17, 15) is 4.79 Å². The first-order chi connectivity index (χ1) is 8.09. The Morgan fingerprint density at radius 3 is 3.12 bits per heavy atom. The molecule has 1 aliphatic rings. The number of carbonyl (C=O) groups excluding carboxylic acids is 1. The number of ketones is 1. The van der Waals surface area contributed by atoms with Crippen molar-refractivity contribution in [1.82, 2.24) is 9.78 Å². The molecule has 5 heteroatoms. The zero-order valence-electron chi connectivity index (χ0n) is 10.3. The van der Waals surface area contributed by atoms with Gasteiger partial charge >= 0.3 is 0 Å². The molecule has 2 rings (SSSR count). The van der Waals surface area contributed by atoms with Gasteiger partial charge in [-0.1, -0.05) is 6.92 Å². The van der Waals surface area contributed by atoms with Crippen molar-refractivity contribution in [3.63, 3.8) is 0 Å². The predicted molar refractivity (Wildman–Crippen MR) is 63.7 cm³/mol. The summed E-state index contributed by atoms with van der Waals surface area (Å²) in [6.45, 7) is 5.52. The van der Waals surface area contributed by atoms with E-state index in [1.165, 1.54) is 0 Å². The first-order valence-corrected chi connectivity index (χ1v) is 5.99. The van der Waals surface area contributed by atoms with Gasteiger partial charge in [0.1, 0.15) is 5.69 Å². The number of aromatic nitrogens is 2. The van der Waals surface area contributed by atoms with Gasteiger partial charge in [-0.05, 0) is 19.4 Å². The van der Waals surface area contributed by atoms with Crippen LogP contribution in [0.25, 0.3) is 0 Å². The molecule has 1 aliphatic heterocycles. The second kappa shape index (κ2) is 4.58. The van der Waals surface area contributed by atoms with Gasteiger partial charge in [-0.15, -0.1) is 0 Å². The maximum Gasteiger partial charge on any atom is 0.190 e. The van der Waals surface area contributed by atoms with Crippen molar-refractivity contribution in [3.8, 4) is 0 Å². The number of ether oxygens (including phenoxy) is 1. The van der Waals surface area contributed by atoms with Crippen LogP contribution in [0.3, 0.4) is 0 Å². The molecular weight excluding hydrogens is 218 g/mol. The lowest BCUT2D eigenvalue weighted by Gasteiger charge is -2.25. The number of nitrogens with zero attached hydrogens (tertiary/aromatic N) is 2. The van der Waals surface area contributed by atoms with Gasteiger partial charge in [-0.2, -0.15) is 5.10 Å². The lowest BCUT2D eigenvalue weighted by atomic mass is 9.80. The van der Waals surface area contributed by atoms with Crippen LogP contribution in [-0.2, 0) is 11.3 Å². The van der Waals surface area contributed by atoms with Crippen LogP contribution in [0, 0.1) is 5.41 Å². The van der Waals surface area contributed by atoms with Crippen molar-refractivity contribution in [2.45, 2.75) is 32.9 Å². The highest BCUT2D eigenvalue weighted by Crippen LogP contribution is 2.31. The van der Waals surface area contributed by atoms with E-state index in [1.807, 2.05) is 6.92 Å². The number of nitrogens with two attached hydrogens (primary N) is 1. The van der Waals surface area contributed by atoms with Gasteiger partial charge in [-0.3, -0.25) is 9.48 Å². The van der Waals surface area contributed by atoms with Crippen LogP contribution in [0.5, 0.6) is 0 Å². The van der Waals surface area contributed by atoms with Crippen LogP contribution in [-0.4, -0.2) is 34.8 Å². The predicted octanol–water partition coefficient (Wildman–Crippen LogP) is 0.840. The molecule has 2 unspecified atom stereocenters. The summed E-state index contributed by atoms with van der Waals surface area (Å²) in [7, 11) is 0. The van der Waals surface area contributed by atoms with Crippen LogP contribution < -0.4 is 5.73 Å². The van der Waals surface area contributed by atoms with Crippen LogP contribution >= 0.6 is 0 Å². The second-order valence-corrected chi connectivity index (χ2v) is 4.81. The minimum atomic E-state index is -0.620. The summed E-state index contributed by atoms with van der Waals surface area (Å²) in [5, 5.41) is 4.17. The Balaban J connectivity index is 2.27. The van der Waals surface area contributed by atoms with Crippen molar-refractivity contribution in [2.24, 2.45) is 11.1 Å². The third kappa shape index (κ3) is 2.00. The van der Waals surface area contributed by atoms with Gasteiger partial charge in [0.15, 0.2) is 5.78 Å². The third-order valence-electron chi connectivity index (χ3n) is 3.42. The molecule has 5 nitrogen and oxygen atoms in total. The van der Waals surface area contributed by atoms with Crippen molar-refractivity contribution < 1.29 is 9.53 Å². The van der Waals surface area contributed by atoms with Crippen LogP contribution in [0.15, 0.2) is 12.3 Å². The summed E-state index contributed by atoms with van der Waals surface area (Å²) in [4.78, 5) is 12.5. The SMILES string of the molecule is CCCn1nccc1C(=O)C1(C)COCC1N. The number of hydrogen-bond acceptors (Lipinski definition) is 4. The van der Waals surface area contributed by atoms with E-state index in [2.05, 4.69) is 12.0 Å². The Morgan fingerprint density at radius 2 is 2.53 bits per heavy atom. The molecule has 0 radical (unpaired) electrons. The van der Waals surface area contributed by atoms with Gasteiger partial charge in [0.05, 0.1) is 18.6 Å². The van der Waals surface area contributed by atoms with E-state index in [0.29, 0.717) is 18.9 Å². The van der Waals surface area contributed by atoms with Crippen LogP contribution in [0.1, 0.15) is 30.8 Å². The van der Waals surface area contributed by atoms with E-state index < -0.39 is 5.41 Å². The maximum absolute atomic E-state index is 12.5. The molecule has 2 heterocycles. The molecular formula is C12H19N3O2.